The number of carbonyl (C=O) groups excluding carboxylic acids is 2. The molecule has 0 N–H and O–H groups in total. The quantitative estimate of drug-likeness (QED) is 0.817. The zero-order chi connectivity index (χ0) is 19.5. The number of hydrogen-bond acceptors (Lipinski definition) is 2. The first-order valence-corrected chi connectivity index (χ1v) is 10.0. The van der Waals surface area contributed by atoms with Crippen LogP contribution in [0, 0.1) is 11.7 Å². The van der Waals surface area contributed by atoms with Crippen molar-refractivity contribution in [2.75, 3.05) is 24.5 Å². The van der Waals surface area contributed by atoms with E-state index in [0.29, 0.717) is 25.9 Å². The standard InChI is InChI=1S/C23H25FN2O2/c24-20-9-7-17(8-10-20)16-22(27)25-14-11-19(12-15-25)23(28)26-13-3-5-18-4-1-2-6-21(18)26/h1-2,4,6-10,19H,3,5,11-16H2. The molecule has 4 nitrogen and oxygen atoms in total. The zero-order valence-corrected chi connectivity index (χ0v) is 15.9. The number of rotatable bonds is 3. The van der Waals surface area contributed by atoms with Crippen molar-refractivity contribution in [2.24, 2.45) is 5.92 Å². The number of likely N-dealkylation sites (tertiary alicyclic amines) is 1. The zero-order valence-electron chi connectivity index (χ0n) is 15.9. The first-order valence-electron chi connectivity index (χ1n) is 10.0. The fourth-order valence-corrected chi connectivity index (χ4v) is 4.25. The highest BCUT2D eigenvalue weighted by Gasteiger charge is 2.32. The normalized spacial score (nSPS) is 17.3. The van der Waals surface area contributed by atoms with Gasteiger partial charge in [0.25, 0.3) is 0 Å². The van der Waals surface area contributed by atoms with E-state index < -0.39 is 0 Å². The Morgan fingerprint density at radius 1 is 0.964 bits per heavy atom. The third kappa shape index (κ3) is 3.93. The summed E-state index contributed by atoms with van der Waals surface area (Å²) in [5.41, 5.74) is 3.11. The van der Waals surface area contributed by atoms with Crippen LogP contribution >= 0.6 is 0 Å². The molecule has 0 atom stereocenters. The molecule has 0 spiro atoms. The van der Waals surface area contributed by atoms with Crippen molar-refractivity contribution >= 4 is 17.5 Å². The van der Waals surface area contributed by atoms with Gasteiger partial charge in [-0.15, -0.1) is 0 Å². The summed E-state index contributed by atoms with van der Waals surface area (Å²) in [6.07, 6.45) is 3.70. The third-order valence-electron chi connectivity index (χ3n) is 5.84. The van der Waals surface area contributed by atoms with E-state index in [1.165, 1.54) is 17.7 Å². The smallest absolute Gasteiger partial charge is 0.230 e. The lowest BCUT2D eigenvalue weighted by Crippen LogP contribution is -2.46. The van der Waals surface area contributed by atoms with Gasteiger partial charge in [0.05, 0.1) is 6.42 Å². The summed E-state index contributed by atoms with van der Waals surface area (Å²) in [7, 11) is 0. The molecule has 1 fully saturated rings. The maximum absolute atomic E-state index is 13.1. The molecule has 146 valence electrons. The molecule has 2 aromatic carbocycles. The monoisotopic (exact) mass is 380 g/mol. The predicted octanol–water partition coefficient (Wildman–Crippen LogP) is 3.59. The van der Waals surface area contributed by atoms with Gasteiger partial charge in [-0.1, -0.05) is 30.3 Å². The van der Waals surface area contributed by atoms with E-state index in [1.807, 2.05) is 28.0 Å². The van der Waals surface area contributed by atoms with Crippen LogP contribution in [0.15, 0.2) is 48.5 Å². The summed E-state index contributed by atoms with van der Waals surface area (Å²) in [6.45, 7) is 1.98. The van der Waals surface area contributed by atoms with Crippen LogP contribution in [-0.4, -0.2) is 36.3 Å². The molecule has 1 saturated heterocycles. The van der Waals surface area contributed by atoms with Crippen LogP contribution in [0.25, 0.3) is 0 Å². The van der Waals surface area contributed by atoms with E-state index in [-0.39, 0.29) is 30.0 Å². The minimum Gasteiger partial charge on any atom is -0.342 e. The Kier molecular flexibility index (Phi) is 5.42. The number of piperidine rings is 1. The van der Waals surface area contributed by atoms with Gasteiger partial charge in [0.1, 0.15) is 5.82 Å². The Bertz CT molecular complexity index is 857. The van der Waals surface area contributed by atoms with E-state index >= 15 is 0 Å². The van der Waals surface area contributed by atoms with Crippen LogP contribution in [0.5, 0.6) is 0 Å². The van der Waals surface area contributed by atoms with Gasteiger partial charge in [0.15, 0.2) is 0 Å². The molecular formula is C23H25FN2O2. The maximum atomic E-state index is 13.1. The molecule has 2 aliphatic rings. The van der Waals surface area contributed by atoms with Crippen LogP contribution < -0.4 is 4.90 Å². The molecule has 0 radical (unpaired) electrons. The molecular weight excluding hydrogens is 355 g/mol. The maximum Gasteiger partial charge on any atom is 0.230 e. The van der Waals surface area contributed by atoms with E-state index in [4.69, 9.17) is 0 Å². The number of para-hydroxylation sites is 1. The molecule has 0 aromatic heterocycles. The SMILES string of the molecule is O=C(Cc1ccc(F)cc1)N1CCC(C(=O)N2CCCc3ccccc32)CC1. The second-order valence-electron chi connectivity index (χ2n) is 7.68. The van der Waals surface area contributed by atoms with Crippen LogP contribution in [0.4, 0.5) is 10.1 Å². The van der Waals surface area contributed by atoms with Crippen LogP contribution in [0.2, 0.25) is 0 Å². The van der Waals surface area contributed by atoms with Crippen LogP contribution in [0.3, 0.4) is 0 Å². The Morgan fingerprint density at radius 3 is 2.43 bits per heavy atom. The molecule has 4 rings (SSSR count). The average Bonchev–Trinajstić information content (AvgIpc) is 2.74. The van der Waals surface area contributed by atoms with Gasteiger partial charge in [-0.2, -0.15) is 0 Å². The number of benzene rings is 2. The number of carbonyl (C=O) groups is 2. The number of halogens is 1. The molecule has 0 saturated carbocycles. The van der Waals surface area contributed by atoms with Gasteiger partial charge in [-0.25, -0.2) is 4.39 Å². The lowest BCUT2D eigenvalue weighted by molar-refractivity contribution is -0.134. The van der Waals surface area contributed by atoms with Gasteiger partial charge < -0.3 is 9.80 Å². The minimum atomic E-state index is -0.296. The van der Waals surface area contributed by atoms with Crippen molar-refractivity contribution in [3.05, 3.63) is 65.5 Å². The second kappa shape index (κ2) is 8.13. The van der Waals surface area contributed by atoms with Crippen LogP contribution in [0.1, 0.15) is 30.4 Å². The molecule has 0 bridgehead atoms. The van der Waals surface area contributed by atoms with Crippen molar-refractivity contribution < 1.29 is 14.0 Å². The third-order valence-corrected chi connectivity index (χ3v) is 5.84. The summed E-state index contributed by atoms with van der Waals surface area (Å²) in [4.78, 5) is 29.4. The molecule has 5 heteroatoms. The van der Waals surface area contributed by atoms with Crippen molar-refractivity contribution in [1.82, 2.24) is 4.90 Å². The first kappa shape index (κ1) is 18.7. The summed E-state index contributed by atoms with van der Waals surface area (Å²) in [6, 6.07) is 14.2. The summed E-state index contributed by atoms with van der Waals surface area (Å²) < 4.78 is 13.0. The lowest BCUT2D eigenvalue weighted by atomic mass is 9.92. The average molecular weight is 380 g/mol. The lowest BCUT2D eigenvalue weighted by Gasteiger charge is -2.36. The molecule has 2 aliphatic heterocycles. The van der Waals surface area contributed by atoms with Crippen molar-refractivity contribution in [2.45, 2.75) is 32.1 Å². The number of anilines is 1. The highest BCUT2D eigenvalue weighted by atomic mass is 19.1. The highest BCUT2D eigenvalue weighted by Crippen LogP contribution is 2.30. The Labute approximate surface area is 164 Å². The number of amides is 2. The van der Waals surface area contributed by atoms with Crippen molar-refractivity contribution in [3.8, 4) is 0 Å². The number of fused-ring (bicyclic) bond motifs is 1. The molecule has 2 amide bonds. The van der Waals surface area contributed by atoms with Gasteiger partial charge in [-0.05, 0) is 55.0 Å². The Hall–Kier alpha value is -2.69. The summed E-state index contributed by atoms with van der Waals surface area (Å²) in [5, 5.41) is 0. The van der Waals surface area contributed by atoms with E-state index in [1.54, 1.807) is 12.1 Å². The van der Waals surface area contributed by atoms with Gasteiger partial charge in [0.2, 0.25) is 11.8 Å². The summed E-state index contributed by atoms with van der Waals surface area (Å²) in [5.74, 6) is -0.0885. The van der Waals surface area contributed by atoms with Crippen molar-refractivity contribution in [3.63, 3.8) is 0 Å². The second-order valence-corrected chi connectivity index (χ2v) is 7.68. The fraction of sp³-hybridized carbons (Fsp3) is 0.391. The van der Waals surface area contributed by atoms with Gasteiger partial charge in [0, 0.05) is 31.2 Å². The van der Waals surface area contributed by atoms with Gasteiger partial charge >= 0.3 is 0 Å². The topological polar surface area (TPSA) is 40.6 Å². The molecule has 2 heterocycles. The van der Waals surface area contributed by atoms with Gasteiger partial charge in [-0.3, -0.25) is 9.59 Å². The van der Waals surface area contributed by atoms with E-state index in [0.717, 1.165) is 30.6 Å². The Morgan fingerprint density at radius 2 is 1.68 bits per heavy atom. The van der Waals surface area contributed by atoms with E-state index in [2.05, 4.69) is 6.07 Å². The molecule has 28 heavy (non-hydrogen) atoms. The molecule has 0 unspecified atom stereocenters. The van der Waals surface area contributed by atoms with Crippen molar-refractivity contribution in [1.29, 1.82) is 0 Å². The molecule has 0 aliphatic carbocycles. The summed E-state index contributed by atoms with van der Waals surface area (Å²) >= 11 is 0. The highest BCUT2D eigenvalue weighted by molar-refractivity contribution is 5.96. The minimum absolute atomic E-state index is 0.0268. The molecule has 2 aromatic rings. The fourth-order valence-electron chi connectivity index (χ4n) is 4.25. The number of aryl methyl sites for hydroxylation is 1. The first-order chi connectivity index (χ1) is 13.6. The predicted molar refractivity (Wildman–Crippen MR) is 107 cm³/mol. The van der Waals surface area contributed by atoms with E-state index in [9.17, 15) is 14.0 Å². The largest absolute Gasteiger partial charge is 0.342 e. The number of hydrogen-bond donors (Lipinski definition) is 0. The van der Waals surface area contributed by atoms with Crippen LogP contribution in [-0.2, 0) is 22.4 Å². The number of nitrogens with zero attached hydrogens (tertiary/aromatic N) is 2. The Balaban J connectivity index is 1.34.